The number of alkyl halides is 3. The predicted octanol–water partition coefficient (Wildman–Crippen LogP) is 2.77. The summed E-state index contributed by atoms with van der Waals surface area (Å²) in [5.41, 5.74) is -1.05. The smallest absolute Gasteiger partial charge is 0.316 e. The number of hydrogen-bond donors (Lipinski definition) is 1. The molecule has 1 aromatic carbocycles. The standard InChI is InChI=1S/C12H13F3N2O2/c13-12(14,15)10-2-1-9(11(6-10)17(18)19)5-8-3-4-16-7-8/h1-2,6,8,16H,3-5,7H2. The maximum absolute atomic E-state index is 12.5. The fourth-order valence-corrected chi connectivity index (χ4v) is 2.28. The predicted molar refractivity (Wildman–Crippen MR) is 62.8 cm³/mol. The van der Waals surface area contributed by atoms with Crippen LogP contribution in [0.2, 0.25) is 0 Å². The molecule has 1 aliphatic rings. The number of nitro benzene ring substituents is 1. The summed E-state index contributed by atoms with van der Waals surface area (Å²) in [4.78, 5) is 10.2. The van der Waals surface area contributed by atoms with Crippen LogP contribution in [0.4, 0.5) is 18.9 Å². The summed E-state index contributed by atoms with van der Waals surface area (Å²) in [5, 5.41) is 14.0. The average molecular weight is 274 g/mol. The van der Waals surface area contributed by atoms with Crippen LogP contribution < -0.4 is 5.32 Å². The van der Waals surface area contributed by atoms with Gasteiger partial charge in [0.2, 0.25) is 0 Å². The molecule has 0 spiro atoms. The maximum Gasteiger partial charge on any atom is 0.416 e. The van der Waals surface area contributed by atoms with E-state index in [1.807, 2.05) is 0 Å². The quantitative estimate of drug-likeness (QED) is 0.681. The Kier molecular flexibility index (Phi) is 3.75. The summed E-state index contributed by atoms with van der Waals surface area (Å²) < 4.78 is 37.6. The molecule has 7 heteroatoms. The summed E-state index contributed by atoms with van der Waals surface area (Å²) in [6.07, 6.45) is -3.24. The van der Waals surface area contributed by atoms with E-state index in [1.54, 1.807) is 0 Å². The molecule has 104 valence electrons. The van der Waals surface area contributed by atoms with E-state index in [1.165, 1.54) is 6.07 Å². The van der Waals surface area contributed by atoms with Gasteiger partial charge in [-0.05, 0) is 37.9 Å². The first-order chi connectivity index (χ1) is 8.88. The van der Waals surface area contributed by atoms with Crippen molar-refractivity contribution < 1.29 is 18.1 Å². The number of rotatable bonds is 3. The van der Waals surface area contributed by atoms with Crippen LogP contribution in [0.15, 0.2) is 18.2 Å². The van der Waals surface area contributed by atoms with Gasteiger partial charge in [-0.2, -0.15) is 13.2 Å². The summed E-state index contributed by atoms with van der Waals surface area (Å²) in [6.45, 7) is 1.59. The molecule has 1 N–H and O–H groups in total. The van der Waals surface area contributed by atoms with Crippen molar-refractivity contribution in [3.63, 3.8) is 0 Å². The van der Waals surface area contributed by atoms with Crippen molar-refractivity contribution >= 4 is 5.69 Å². The second kappa shape index (κ2) is 5.16. The summed E-state index contributed by atoms with van der Waals surface area (Å²) in [7, 11) is 0. The first-order valence-corrected chi connectivity index (χ1v) is 5.93. The SMILES string of the molecule is O=[N+]([O-])c1cc(C(F)(F)F)ccc1CC1CCNC1. The van der Waals surface area contributed by atoms with Gasteiger partial charge in [-0.15, -0.1) is 0 Å². The number of nitro groups is 1. The molecule has 1 aromatic rings. The van der Waals surface area contributed by atoms with Gasteiger partial charge in [0.05, 0.1) is 10.5 Å². The van der Waals surface area contributed by atoms with E-state index < -0.39 is 22.4 Å². The topological polar surface area (TPSA) is 55.2 Å². The fourth-order valence-electron chi connectivity index (χ4n) is 2.28. The van der Waals surface area contributed by atoms with Crippen molar-refractivity contribution in [1.82, 2.24) is 5.32 Å². The molecule has 0 radical (unpaired) electrons. The third kappa shape index (κ3) is 3.23. The van der Waals surface area contributed by atoms with Gasteiger partial charge in [-0.25, -0.2) is 0 Å². The van der Waals surface area contributed by atoms with Crippen molar-refractivity contribution in [3.8, 4) is 0 Å². The zero-order valence-electron chi connectivity index (χ0n) is 10.0. The van der Waals surface area contributed by atoms with Crippen molar-refractivity contribution in [2.45, 2.75) is 19.0 Å². The molecule has 4 nitrogen and oxygen atoms in total. The molecule has 1 saturated heterocycles. The molecule has 19 heavy (non-hydrogen) atoms. The number of nitrogens with zero attached hydrogens (tertiary/aromatic N) is 1. The summed E-state index contributed by atoms with van der Waals surface area (Å²) in [6, 6.07) is 2.75. The van der Waals surface area contributed by atoms with Crippen LogP contribution in [0.25, 0.3) is 0 Å². The van der Waals surface area contributed by atoms with E-state index >= 15 is 0 Å². The van der Waals surface area contributed by atoms with Gasteiger partial charge in [-0.1, -0.05) is 6.07 Å². The highest BCUT2D eigenvalue weighted by atomic mass is 19.4. The Morgan fingerprint density at radius 3 is 2.68 bits per heavy atom. The van der Waals surface area contributed by atoms with Gasteiger partial charge >= 0.3 is 6.18 Å². The van der Waals surface area contributed by atoms with E-state index in [4.69, 9.17) is 0 Å². The number of hydrogen-bond acceptors (Lipinski definition) is 3. The third-order valence-corrected chi connectivity index (χ3v) is 3.28. The van der Waals surface area contributed by atoms with Crippen LogP contribution in [0, 0.1) is 16.0 Å². The van der Waals surface area contributed by atoms with Gasteiger partial charge in [-0.3, -0.25) is 10.1 Å². The Morgan fingerprint density at radius 2 is 2.16 bits per heavy atom. The molecule has 0 aliphatic carbocycles. The van der Waals surface area contributed by atoms with Crippen molar-refractivity contribution in [1.29, 1.82) is 0 Å². The van der Waals surface area contributed by atoms with Gasteiger partial charge in [0.25, 0.3) is 5.69 Å². The average Bonchev–Trinajstić information content (AvgIpc) is 2.80. The molecule has 1 unspecified atom stereocenters. The molecule has 0 amide bonds. The van der Waals surface area contributed by atoms with Gasteiger partial charge in [0.1, 0.15) is 0 Å². The van der Waals surface area contributed by atoms with E-state index in [-0.39, 0.29) is 5.92 Å². The maximum atomic E-state index is 12.5. The van der Waals surface area contributed by atoms with E-state index in [0.717, 1.165) is 25.6 Å². The Labute approximate surface area is 107 Å². The molecule has 1 fully saturated rings. The van der Waals surface area contributed by atoms with Crippen molar-refractivity contribution in [3.05, 3.63) is 39.4 Å². The highest BCUT2D eigenvalue weighted by Crippen LogP contribution is 2.34. The molecular weight excluding hydrogens is 261 g/mol. The van der Waals surface area contributed by atoms with Crippen molar-refractivity contribution in [2.24, 2.45) is 5.92 Å². The zero-order chi connectivity index (χ0) is 14.0. The minimum atomic E-state index is -4.56. The van der Waals surface area contributed by atoms with E-state index in [9.17, 15) is 23.3 Å². The lowest BCUT2D eigenvalue weighted by atomic mass is 9.96. The first-order valence-electron chi connectivity index (χ1n) is 5.93. The van der Waals surface area contributed by atoms with Crippen LogP contribution in [-0.2, 0) is 12.6 Å². The molecule has 0 aromatic heterocycles. The largest absolute Gasteiger partial charge is 0.416 e. The van der Waals surface area contributed by atoms with Gasteiger partial charge < -0.3 is 5.32 Å². The summed E-state index contributed by atoms with van der Waals surface area (Å²) in [5.74, 6) is 0.246. The van der Waals surface area contributed by atoms with Gasteiger partial charge in [0.15, 0.2) is 0 Å². The minimum Gasteiger partial charge on any atom is -0.316 e. The van der Waals surface area contributed by atoms with E-state index in [0.29, 0.717) is 18.1 Å². The van der Waals surface area contributed by atoms with Crippen LogP contribution >= 0.6 is 0 Å². The lowest BCUT2D eigenvalue weighted by Gasteiger charge is -2.11. The second-order valence-corrected chi connectivity index (χ2v) is 4.66. The Balaban J connectivity index is 2.29. The molecule has 0 bridgehead atoms. The molecule has 1 heterocycles. The first kappa shape index (κ1) is 13.8. The number of halogens is 3. The van der Waals surface area contributed by atoms with Crippen LogP contribution in [0.3, 0.4) is 0 Å². The van der Waals surface area contributed by atoms with Crippen LogP contribution in [0.1, 0.15) is 17.5 Å². The second-order valence-electron chi connectivity index (χ2n) is 4.66. The Hall–Kier alpha value is -1.63. The third-order valence-electron chi connectivity index (χ3n) is 3.28. The number of benzene rings is 1. The van der Waals surface area contributed by atoms with E-state index in [2.05, 4.69) is 5.32 Å². The monoisotopic (exact) mass is 274 g/mol. The zero-order valence-corrected chi connectivity index (χ0v) is 10.0. The summed E-state index contributed by atoms with van der Waals surface area (Å²) >= 11 is 0. The molecule has 1 aliphatic heterocycles. The normalized spacial score (nSPS) is 19.6. The molecule has 1 atom stereocenters. The molecular formula is C12H13F3N2O2. The molecule has 2 rings (SSSR count). The Bertz CT molecular complexity index is 482. The molecule has 0 saturated carbocycles. The van der Waals surface area contributed by atoms with Gasteiger partial charge in [0, 0.05) is 11.6 Å². The fraction of sp³-hybridized carbons (Fsp3) is 0.500. The van der Waals surface area contributed by atoms with Crippen molar-refractivity contribution in [2.75, 3.05) is 13.1 Å². The van der Waals surface area contributed by atoms with Crippen LogP contribution in [0.5, 0.6) is 0 Å². The minimum absolute atomic E-state index is 0.246. The Morgan fingerprint density at radius 1 is 1.42 bits per heavy atom. The number of nitrogens with one attached hydrogen (secondary N) is 1. The highest BCUT2D eigenvalue weighted by Gasteiger charge is 2.33. The highest BCUT2D eigenvalue weighted by molar-refractivity contribution is 5.44. The lowest BCUT2D eigenvalue weighted by Crippen LogP contribution is -2.12. The lowest BCUT2D eigenvalue weighted by molar-refractivity contribution is -0.385. The van der Waals surface area contributed by atoms with Crippen LogP contribution in [-0.4, -0.2) is 18.0 Å².